The average Bonchev–Trinajstić information content (AvgIpc) is 2.46. The Bertz CT molecular complexity index is 247. The zero-order chi connectivity index (χ0) is 13.0. The van der Waals surface area contributed by atoms with Crippen LogP contribution in [0.2, 0.25) is 0 Å². The molecule has 0 bridgehead atoms. The zero-order valence-corrected chi connectivity index (χ0v) is 11.9. The predicted molar refractivity (Wildman–Crippen MR) is 75.3 cm³/mol. The molecule has 2 rings (SSSR count). The highest BCUT2D eigenvalue weighted by Crippen LogP contribution is 2.35. The van der Waals surface area contributed by atoms with Gasteiger partial charge in [-0.05, 0) is 56.5 Å². The molecule has 1 aliphatic heterocycles. The topological polar surface area (TPSA) is 49.5 Å². The predicted octanol–water partition coefficient (Wildman–Crippen LogP) is 1.84. The van der Waals surface area contributed by atoms with Gasteiger partial charge in [0.2, 0.25) is 0 Å². The fraction of sp³-hybridized carbons (Fsp3) is 1.00. The lowest BCUT2D eigenvalue weighted by Crippen LogP contribution is -2.50. The van der Waals surface area contributed by atoms with E-state index in [1.807, 2.05) is 0 Å². The van der Waals surface area contributed by atoms with Gasteiger partial charge in [-0.2, -0.15) is 0 Å². The summed E-state index contributed by atoms with van der Waals surface area (Å²) >= 11 is 0. The van der Waals surface area contributed by atoms with Crippen LogP contribution in [0.4, 0.5) is 0 Å². The minimum atomic E-state index is 0.355. The monoisotopic (exact) mass is 254 g/mol. The number of rotatable bonds is 4. The van der Waals surface area contributed by atoms with Crippen molar-refractivity contribution in [1.29, 1.82) is 0 Å². The molecule has 1 aliphatic carbocycles. The largest absolute Gasteiger partial charge is 0.396 e. The molecule has 0 aromatic heterocycles. The maximum atomic E-state index is 9.38. The fourth-order valence-corrected chi connectivity index (χ4v) is 3.93. The SMILES string of the molecule is CCC1CCC(CN)C(N2CCCC(CO)C2)C1. The van der Waals surface area contributed by atoms with E-state index in [0.717, 1.165) is 19.0 Å². The van der Waals surface area contributed by atoms with Gasteiger partial charge in [0.15, 0.2) is 0 Å². The Morgan fingerprint density at radius 2 is 2.06 bits per heavy atom. The van der Waals surface area contributed by atoms with Crippen molar-refractivity contribution in [2.24, 2.45) is 23.5 Å². The van der Waals surface area contributed by atoms with Gasteiger partial charge in [-0.25, -0.2) is 0 Å². The first kappa shape index (κ1) is 14.3. The van der Waals surface area contributed by atoms with E-state index in [9.17, 15) is 5.11 Å². The summed E-state index contributed by atoms with van der Waals surface area (Å²) in [6, 6.07) is 0.683. The normalized spacial score (nSPS) is 38.8. The highest BCUT2D eigenvalue weighted by Gasteiger charge is 2.34. The molecule has 3 heteroatoms. The van der Waals surface area contributed by atoms with Crippen LogP contribution in [0.3, 0.4) is 0 Å². The van der Waals surface area contributed by atoms with Gasteiger partial charge in [-0.3, -0.25) is 4.90 Å². The third-order valence-corrected chi connectivity index (χ3v) is 5.22. The molecule has 1 saturated heterocycles. The molecular weight excluding hydrogens is 224 g/mol. The maximum absolute atomic E-state index is 9.38. The van der Waals surface area contributed by atoms with Gasteiger partial charge in [-0.1, -0.05) is 19.8 Å². The minimum absolute atomic E-state index is 0.355. The highest BCUT2D eigenvalue weighted by atomic mass is 16.3. The molecule has 2 aliphatic rings. The highest BCUT2D eigenvalue weighted by molar-refractivity contribution is 4.89. The molecule has 3 N–H and O–H groups in total. The van der Waals surface area contributed by atoms with Crippen molar-refractivity contribution in [3.05, 3.63) is 0 Å². The van der Waals surface area contributed by atoms with Crippen molar-refractivity contribution >= 4 is 0 Å². The van der Waals surface area contributed by atoms with Crippen LogP contribution in [0, 0.1) is 17.8 Å². The van der Waals surface area contributed by atoms with Crippen molar-refractivity contribution in [2.75, 3.05) is 26.2 Å². The molecule has 0 aromatic rings. The second-order valence-electron chi connectivity index (χ2n) is 6.34. The van der Waals surface area contributed by atoms with Crippen LogP contribution in [-0.2, 0) is 0 Å². The number of aliphatic hydroxyl groups excluding tert-OH is 1. The van der Waals surface area contributed by atoms with E-state index in [-0.39, 0.29) is 0 Å². The Hall–Kier alpha value is -0.120. The number of piperidine rings is 1. The molecule has 4 unspecified atom stereocenters. The molecule has 1 saturated carbocycles. The number of hydrogen-bond acceptors (Lipinski definition) is 3. The van der Waals surface area contributed by atoms with E-state index in [1.165, 1.54) is 45.1 Å². The second kappa shape index (κ2) is 6.88. The van der Waals surface area contributed by atoms with E-state index < -0.39 is 0 Å². The van der Waals surface area contributed by atoms with E-state index in [4.69, 9.17) is 5.73 Å². The van der Waals surface area contributed by atoms with Gasteiger partial charge in [0.1, 0.15) is 0 Å². The quantitative estimate of drug-likeness (QED) is 0.805. The first-order valence-corrected chi connectivity index (χ1v) is 7.83. The molecule has 0 aromatic carbocycles. The van der Waals surface area contributed by atoms with Gasteiger partial charge < -0.3 is 10.8 Å². The van der Waals surface area contributed by atoms with Crippen LogP contribution in [0.25, 0.3) is 0 Å². The number of likely N-dealkylation sites (tertiary alicyclic amines) is 1. The van der Waals surface area contributed by atoms with Crippen molar-refractivity contribution in [2.45, 2.75) is 51.5 Å². The Morgan fingerprint density at radius 1 is 1.22 bits per heavy atom. The molecule has 2 fully saturated rings. The van der Waals surface area contributed by atoms with E-state index in [0.29, 0.717) is 24.5 Å². The summed E-state index contributed by atoms with van der Waals surface area (Å²) in [7, 11) is 0. The van der Waals surface area contributed by atoms with Gasteiger partial charge in [0.05, 0.1) is 0 Å². The van der Waals surface area contributed by atoms with E-state index in [1.54, 1.807) is 0 Å². The molecule has 106 valence electrons. The summed E-state index contributed by atoms with van der Waals surface area (Å²) in [6.07, 6.45) is 7.76. The summed E-state index contributed by atoms with van der Waals surface area (Å²) in [4.78, 5) is 2.64. The smallest absolute Gasteiger partial charge is 0.0471 e. The Kier molecular flexibility index (Phi) is 5.46. The summed E-state index contributed by atoms with van der Waals surface area (Å²) in [6.45, 7) is 5.81. The number of hydrogen-bond donors (Lipinski definition) is 2. The van der Waals surface area contributed by atoms with Crippen LogP contribution in [0.15, 0.2) is 0 Å². The standard InChI is InChI=1S/C15H30N2O/c1-2-12-5-6-14(9-16)15(8-12)17-7-3-4-13(10-17)11-18/h12-15,18H,2-11,16H2,1H3. The molecule has 4 atom stereocenters. The Labute approximate surface area is 112 Å². The lowest BCUT2D eigenvalue weighted by molar-refractivity contribution is 0.0322. The molecule has 0 amide bonds. The lowest BCUT2D eigenvalue weighted by atomic mass is 9.76. The van der Waals surface area contributed by atoms with Crippen molar-refractivity contribution in [3.63, 3.8) is 0 Å². The van der Waals surface area contributed by atoms with Gasteiger partial charge >= 0.3 is 0 Å². The third kappa shape index (κ3) is 3.25. The van der Waals surface area contributed by atoms with Gasteiger partial charge in [0, 0.05) is 19.2 Å². The Morgan fingerprint density at radius 3 is 2.72 bits per heavy atom. The van der Waals surface area contributed by atoms with Crippen LogP contribution in [0.5, 0.6) is 0 Å². The summed E-state index contributed by atoms with van der Waals surface area (Å²) in [5, 5.41) is 9.38. The molecular formula is C15H30N2O. The molecule has 3 nitrogen and oxygen atoms in total. The van der Waals surface area contributed by atoms with Crippen molar-refractivity contribution in [1.82, 2.24) is 4.90 Å². The van der Waals surface area contributed by atoms with Gasteiger partial charge in [0.25, 0.3) is 0 Å². The number of nitrogens with two attached hydrogens (primary N) is 1. The van der Waals surface area contributed by atoms with E-state index in [2.05, 4.69) is 11.8 Å². The fourth-order valence-electron chi connectivity index (χ4n) is 3.93. The third-order valence-electron chi connectivity index (χ3n) is 5.22. The van der Waals surface area contributed by atoms with Crippen LogP contribution in [0.1, 0.15) is 45.4 Å². The number of nitrogens with zero attached hydrogens (tertiary/aromatic N) is 1. The maximum Gasteiger partial charge on any atom is 0.0471 e. The van der Waals surface area contributed by atoms with E-state index >= 15 is 0 Å². The first-order chi connectivity index (χ1) is 8.78. The average molecular weight is 254 g/mol. The summed E-state index contributed by atoms with van der Waals surface area (Å²) in [5.74, 6) is 2.08. The molecule has 18 heavy (non-hydrogen) atoms. The molecule has 0 radical (unpaired) electrons. The summed E-state index contributed by atoms with van der Waals surface area (Å²) in [5.41, 5.74) is 5.98. The van der Waals surface area contributed by atoms with Gasteiger partial charge in [-0.15, -0.1) is 0 Å². The Balaban J connectivity index is 1.98. The first-order valence-electron chi connectivity index (χ1n) is 7.83. The summed E-state index contributed by atoms with van der Waals surface area (Å²) < 4.78 is 0. The molecule has 1 heterocycles. The zero-order valence-electron chi connectivity index (χ0n) is 11.9. The van der Waals surface area contributed by atoms with Crippen LogP contribution < -0.4 is 5.73 Å². The van der Waals surface area contributed by atoms with Crippen LogP contribution in [-0.4, -0.2) is 42.3 Å². The van der Waals surface area contributed by atoms with Crippen molar-refractivity contribution < 1.29 is 5.11 Å². The second-order valence-corrected chi connectivity index (χ2v) is 6.34. The minimum Gasteiger partial charge on any atom is -0.396 e. The molecule has 0 spiro atoms. The van der Waals surface area contributed by atoms with Crippen LogP contribution >= 0.6 is 0 Å². The van der Waals surface area contributed by atoms with Crippen molar-refractivity contribution in [3.8, 4) is 0 Å². The lowest BCUT2D eigenvalue weighted by Gasteiger charge is -2.45. The number of aliphatic hydroxyl groups is 1.